The molecule has 0 aliphatic carbocycles. The average molecular weight is 556 g/mol. The van der Waals surface area contributed by atoms with Crippen LogP contribution in [0, 0.1) is 34.6 Å². The van der Waals surface area contributed by atoms with Gasteiger partial charge in [0.2, 0.25) is 11.6 Å². The van der Waals surface area contributed by atoms with Gasteiger partial charge in [0.05, 0.1) is 29.4 Å². The molecule has 212 valence electrons. The second-order valence-corrected chi connectivity index (χ2v) is 9.59. The molecule has 40 heavy (non-hydrogen) atoms. The first kappa shape index (κ1) is 30.7. The highest BCUT2D eigenvalue weighted by Gasteiger charge is 2.27. The van der Waals surface area contributed by atoms with E-state index in [9.17, 15) is 22.4 Å². The Morgan fingerprint density at radius 1 is 0.725 bits per heavy atom. The summed E-state index contributed by atoms with van der Waals surface area (Å²) in [5.74, 6) is -8.00. The Morgan fingerprint density at radius 3 is 1.77 bits per heavy atom. The molecule has 0 spiro atoms. The SMILES string of the molecule is CCCCCCCCCCCCOc1c(F)c(F)c(-c2ccc(C(=O)Oc3ccc(C#N)cc3)cc2)c(F)c1F. The molecule has 0 unspecified atom stereocenters. The van der Waals surface area contributed by atoms with Crippen molar-refractivity contribution in [3.05, 3.63) is 82.9 Å². The number of hydrogen-bond acceptors (Lipinski definition) is 4. The molecule has 3 aromatic rings. The minimum Gasteiger partial charge on any atom is -0.487 e. The largest absolute Gasteiger partial charge is 0.487 e. The number of ether oxygens (including phenoxy) is 2. The van der Waals surface area contributed by atoms with Crippen LogP contribution in [0.15, 0.2) is 48.5 Å². The van der Waals surface area contributed by atoms with E-state index < -0.39 is 40.6 Å². The first-order valence-electron chi connectivity index (χ1n) is 13.7. The Bertz CT molecular complexity index is 1270. The third kappa shape index (κ3) is 8.32. The van der Waals surface area contributed by atoms with E-state index in [1.54, 1.807) is 0 Å². The maximum atomic E-state index is 14.8. The lowest BCUT2D eigenvalue weighted by Crippen LogP contribution is -2.09. The lowest BCUT2D eigenvalue weighted by Gasteiger charge is -2.13. The van der Waals surface area contributed by atoms with Crippen LogP contribution in [-0.2, 0) is 0 Å². The molecule has 0 saturated carbocycles. The lowest BCUT2D eigenvalue weighted by atomic mass is 10.0. The van der Waals surface area contributed by atoms with Crippen LogP contribution in [0.1, 0.15) is 87.1 Å². The monoisotopic (exact) mass is 555 g/mol. The van der Waals surface area contributed by atoms with Crippen molar-refractivity contribution in [1.82, 2.24) is 0 Å². The zero-order valence-electron chi connectivity index (χ0n) is 22.6. The van der Waals surface area contributed by atoms with Crippen molar-refractivity contribution in [2.45, 2.75) is 71.1 Å². The van der Waals surface area contributed by atoms with Crippen molar-refractivity contribution in [3.8, 4) is 28.7 Å². The zero-order valence-corrected chi connectivity index (χ0v) is 22.6. The minimum absolute atomic E-state index is 0.0475. The van der Waals surface area contributed by atoms with Gasteiger partial charge in [-0.3, -0.25) is 0 Å². The molecule has 4 nitrogen and oxygen atoms in total. The molecular formula is C32H33F4NO3. The molecule has 0 N–H and O–H groups in total. The lowest BCUT2D eigenvalue weighted by molar-refractivity contribution is 0.0734. The number of rotatable bonds is 15. The van der Waals surface area contributed by atoms with E-state index in [1.807, 2.05) is 6.07 Å². The van der Waals surface area contributed by atoms with Crippen molar-refractivity contribution >= 4 is 5.97 Å². The summed E-state index contributed by atoms with van der Waals surface area (Å²) >= 11 is 0. The van der Waals surface area contributed by atoms with Crippen molar-refractivity contribution in [3.63, 3.8) is 0 Å². The molecule has 0 radical (unpaired) electrons. The second-order valence-electron chi connectivity index (χ2n) is 9.59. The molecule has 3 rings (SSSR count). The first-order valence-corrected chi connectivity index (χ1v) is 13.7. The van der Waals surface area contributed by atoms with Crippen LogP contribution in [0.3, 0.4) is 0 Å². The van der Waals surface area contributed by atoms with Gasteiger partial charge in [0.1, 0.15) is 5.75 Å². The third-order valence-corrected chi connectivity index (χ3v) is 6.57. The van der Waals surface area contributed by atoms with Crippen LogP contribution in [0.5, 0.6) is 11.5 Å². The van der Waals surface area contributed by atoms with Gasteiger partial charge in [-0.25, -0.2) is 13.6 Å². The van der Waals surface area contributed by atoms with Crippen molar-refractivity contribution in [2.75, 3.05) is 6.61 Å². The fourth-order valence-electron chi connectivity index (χ4n) is 4.29. The van der Waals surface area contributed by atoms with E-state index in [4.69, 9.17) is 14.7 Å². The Labute approximate surface area is 232 Å². The van der Waals surface area contributed by atoms with E-state index in [1.165, 1.54) is 80.6 Å². The van der Waals surface area contributed by atoms with Crippen molar-refractivity contribution < 1.29 is 31.8 Å². The number of nitrogens with zero attached hydrogens (tertiary/aromatic N) is 1. The smallest absolute Gasteiger partial charge is 0.343 e. The van der Waals surface area contributed by atoms with Crippen LogP contribution < -0.4 is 9.47 Å². The van der Waals surface area contributed by atoms with Gasteiger partial charge < -0.3 is 9.47 Å². The van der Waals surface area contributed by atoms with Crippen LogP contribution in [0.25, 0.3) is 11.1 Å². The second kappa shape index (κ2) is 15.7. The molecule has 0 heterocycles. The van der Waals surface area contributed by atoms with Gasteiger partial charge in [-0.15, -0.1) is 0 Å². The molecule has 3 aromatic carbocycles. The van der Waals surface area contributed by atoms with Crippen molar-refractivity contribution in [1.29, 1.82) is 5.26 Å². The van der Waals surface area contributed by atoms with Gasteiger partial charge in [-0.2, -0.15) is 14.0 Å². The molecule has 0 saturated heterocycles. The molecular weight excluding hydrogens is 522 g/mol. The summed E-state index contributed by atoms with van der Waals surface area (Å²) < 4.78 is 69.4. The first-order chi connectivity index (χ1) is 19.4. The standard InChI is InChI=1S/C32H33F4NO3/c1-2-3-4-5-6-7-8-9-10-11-20-39-31-29(35)27(33)26(28(34)30(31)36)23-14-16-24(17-15-23)32(38)40-25-18-12-22(21-37)13-19-25/h12-19H,2-11,20H2,1H3. The summed E-state index contributed by atoms with van der Waals surface area (Å²) in [6.45, 7) is 2.12. The van der Waals surface area contributed by atoms with E-state index in [-0.39, 0.29) is 23.5 Å². The van der Waals surface area contributed by atoms with E-state index >= 15 is 0 Å². The number of hydrogen-bond donors (Lipinski definition) is 0. The molecule has 0 amide bonds. The third-order valence-electron chi connectivity index (χ3n) is 6.57. The Morgan fingerprint density at radius 2 is 1.25 bits per heavy atom. The Balaban J connectivity index is 1.57. The van der Waals surface area contributed by atoms with Crippen LogP contribution in [-0.4, -0.2) is 12.6 Å². The fourth-order valence-corrected chi connectivity index (χ4v) is 4.29. The van der Waals surface area contributed by atoms with Gasteiger partial charge >= 0.3 is 5.97 Å². The van der Waals surface area contributed by atoms with Gasteiger partial charge in [0.15, 0.2) is 17.4 Å². The number of unbranched alkanes of at least 4 members (excludes halogenated alkanes) is 9. The molecule has 0 atom stereocenters. The van der Waals surface area contributed by atoms with E-state index in [0.717, 1.165) is 25.7 Å². The maximum absolute atomic E-state index is 14.8. The highest BCUT2D eigenvalue weighted by molar-refractivity contribution is 5.91. The highest BCUT2D eigenvalue weighted by Crippen LogP contribution is 2.36. The minimum atomic E-state index is -1.61. The number of benzene rings is 3. The molecule has 0 aliphatic heterocycles. The van der Waals surface area contributed by atoms with Crippen LogP contribution >= 0.6 is 0 Å². The summed E-state index contributed by atoms with van der Waals surface area (Å²) in [7, 11) is 0. The van der Waals surface area contributed by atoms with E-state index in [2.05, 4.69) is 6.92 Å². The zero-order chi connectivity index (χ0) is 28.9. The molecule has 0 aliphatic rings. The fraction of sp³-hybridized carbons (Fsp3) is 0.375. The van der Waals surface area contributed by atoms with Gasteiger partial charge in [0.25, 0.3) is 0 Å². The van der Waals surface area contributed by atoms with Crippen LogP contribution in [0.2, 0.25) is 0 Å². The number of carbonyl (C=O) groups is 1. The number of carbonyl (C=O) groups excluding carboxylic acids is 1. The predicted octanol–water partition coefficient (Wildman–Crippen LogP) is 9.30. The normalized spacial score (nSPS) is 10.8. The quantitative estimate of drug-likeness (QED) is 0.0616. The summed E-state index contributed by atoms with van der Waals surface area (Å²) in [6, 6.07) is 12.6. The van der Waals surface area contributed by atoms with E-state index in [0.29, 0.717) is 12.0 Å². The molecule has 0 fully saturated rings. The molecule has 0 aromatic heterocycles. The topological polar surface area (TPSA) is 59.3 Å². The van der Waals surface area contributed by atoms with Gasteiger partial charge in [-0.1, -0.05) is 76.8 Å². The van der Waals surface area contributed by atoms with Gasteiger partial charge in [-0.05, 0) is 48.4 Å². The summed E-state index contributed by atoms with van der Waals surface area (Å²) in [4.78, 5) is 12.4. The van der Waals surface area contributed by atoms with Crippen molar-refractivity contribution in [2.24, 2.45) is 0 Å². The molecule has 8 heteroatoms. The number of esters is 1. The predicted molar refractivity (Wildman–Crippen MR) is 145 cm³/mol. The molecule has 0 bridgehead atoms. The summed E-state index contributed by atoms with van der Waals surface area (Å²) in [5.41, 5.74) is -0.619. The number of halogens is 4. The Hall–Kier alpha value is -3.86. The maximum Gasteiger partial charge on any atom is 0.343 e. The summed E-state index contributed by atoms with van der Waals surface area (Å²) in [6.07, 6.45) is 10.6. The Kier molecular flexibility index (Phi) is 12.0. The van der Waals surface area contributed by atoms with Gasteiger partial charge in [0, 0.05) is 0 Å². The number of nitriles is 1. The highest BCUT2D eigenvalue weighted by atomic mass is 19.2. The summed E-state index contributed by atoms with van der Waals surface area (Å²) in [5, 5.41) is 8.84. The average Bonchev–Trinajstić information content (AvgIpc) is 2.97. The van der Waals surface area contributed by atoms with Crippen LogP contribution in [0.4, 0.5) is 17.6 Å².